The fourth-order valence-corrected chi connectivity index (χ4v) is 1.79. The summed E-state index contributed by atoms with van der Waals surface area (Å²) in [5, 5.41) is 12.8. The Balaban J connectivity index is 2.13. The molecule has 0 amide bonds. The van der Waals surface area contributed by atoms with Crippen LogP contribution in [0.2, 0.25) is 0 Å². The van der Waals surface area contributed by atoms with E-state index in [0.29, 0.717) is 5.92 Å². The van der Waals surface area contributed by atoms with Gasteiger partial charge in [0.05, 0.1) is 5.52 Å². The van der Waals surface area contributed by atoms with Gasteiger partial charge < -0.3 is 5.11 Å². The van der Waals surface area contributed by atoms with Crippen molar-refractivity contribution in [2.24, 2.45) is 0 Å². The van der Waals surface area contributed by atoms with Gasteiger partial charge >= 0.3 is 5.97 Å². The molecule has 1 saturated carbocycles. The van der Waals surface area contributed by atoms with E-state index in [4.69, 9.17) is 5.11 Å². The number of carboxylic acid groups (broad SMARTS) is 1. The lowest BCUT2D eigenvalue weighted by molar-refractivity contribution is 0.0690. The molecular weight excluding hydrogens is 192 g/mol. The maximum atomic E-state index is 10.7. The highest BCUT2D eigenvalue weighted by molar-refractivity contribution is 5.87. The van der Waals surface area contributed by atoms with Crippen molar-refractivity contribution in [3.05, 3.63) is 35.7 Å². The molecule has 4 nitrogen and oxygen atoms in total. The number of pyridine rings is 1. The highest BCUT2D eigenvalue weighted by atomic mass is 16.4. The van der Waals surface area contributed by atoms with Crippen LogP contribution in [0.3, 0.4) is 0 Å². The van der Waals surface area contributed by atoms with E-state index in [9.17, 15) is 4.79 Å². The molecule has 0 aliphatic heterocycles. The minimum Gasteiger partial charge on any atom is -0.476 e. The molecule has 0 saturated heterocycles. The van der Waals surface area contributed by atoms with Crippen LogP contribution in [-0.2, 0) is 0 Å². The lowest BCUT2D eigenvalue weighted by Crippen LogP contribution is -1.97. The Morgan fingerprint density at radius 3 is 2.93 bits per heavy atom. The average molecular weight is 202 g/mol. The number of aromatic carboxylic acids is 1. The Bertz CT molecular complexity index is 541. The molecule has 2 aromatic rings. The van der Waals surface area contributed by atoms with Crippen molar-refractivity contribution in [1.82, 2.24) is 9.61 Å². The number of rotatable bonds is 2. The third-order valence-corrected chi connectivity index (χ3v) is 2.76. The Labute approximate surface area is 86.1 Å². The van der Waals surface area contributed by atoms with E-state index >= 15 is 0 Å². The van der Waals surface area contributed by atoms with Gasteiger partial charge in [0.15, 0.2) is 5.69 Å². The molecular formula is C11H10N2O2. The molecule has 2 heterocycles. The summed E-state index contributed by atoms with van der Waals surface area (Å²) >= 11 is 0. The summed E-state index contributed by atoms with van der Waals surface area (Å²) in [7, 11) is 0. The molecule has 0 radical (unpaired) electrons. The highest BCUT2D eigenvalue weighted by Crippen LogP contribution is 2.40. The molecule has 1 fully saturated rings. The third-order valence-electron chi connectivity index (χ3n) is 2.76. The predicted octanol–water partition coefficient (Wildman–Crippen LogP) is 1.91. The minimum absolute atomic E-state index is 0.1000. The summed E-state index contributed by atoms with van der Waals surface area (Å²) in [5.74, 6) is -0.301. The number of aromatic nitrogens is 2. The van der Waals surface area contributed by atoms with Gasteiger partial charge in [-0.2, -0.15) is 5.10 Å². The van der Waals surface area contributed by atoms with E-state index in [1.165, 1.54) is 18.4 Å². The monoisotopic (exact) mass is 202 g/mol. The van der Waals surface area contributed by atoms with E-state index in [1.54, 1.807) is 10.6 Å². The molecule has 4 heteroatoms. The SMILES string of the molecule is O=C(O)c1cc2cc(C3CC3)ccn2n1. The molecule has 0 bridgehead atoms. The predicted molar refractivity (Wildman–Crippen MR) is 54.1 cm³/mol. The molecule has 0 aromatic carbocycles. The van der Waals surface area contributed by atoms with Crippen LogP contribution in [0, 0.1) is 0 Å². The first-order valence-electron chi connectivity index (χ1n) is 4.97. The molecule has 0 unspecified atom stereocenters. The summed E-state index contributed by atoms with van der Waals surface area (Å²) < 4.78 is 1.61. The lowest BCUT2D eigenvalue weighted by atomic mass is 10.1. The van der Waals surface area contributed by atoms with Gasteiger partial charge in [-0.05, 0) is 42.5 Å². The van der Waals surface area contributed by atoms with Crippen molar-refractivity contribution in [3.63, 3.8) is 0 Å². The van der Waals surface area contributed by atoms with Crippen LogP contribution in [-0.4, -0.2) is 20.7 Å². The summed E-state index contributed by atoms with van der Waals surface area (Å²) in [6.45, 7) is 0. The van der Waals surface area contributed by atoms with E-state index in [0.717, 1.165) is 5.52 Å². The van der Waals surface area contributed by atoms with Gasteiger partial charge in [0.2, 0.25) is 0 Å². The van der Waals surface area contributed by atoms with Crippen molar-refractivity contribution in [3.8, 4) is 0 Å². The molecule has 2 aromatic heterocycles. The first-order chi connectivity index (χ1) is 7.24. The van der Waals surface area contributed by atoms with Gasteiger partial charge in [0, 0.05) is 6.20 Å². The fourth-order valence-electron chi connectivity index (χ4n) is 1.79. The Kier molecular flexibility index (Phi) is 1.59. The Morgan fingerprint density at radius 1 is 1.47 bits per heavy atom. The standard InChI is InChI=1S/C11H10N2O2/c14-11(15)10-6-9-5-8(7-1-2-7)3-4-13(9)12-10/h3-7H,1-2H2,(H,14,15). The largest absolute Gasteiger partial charge is 0.476 e. The summed E-state index contributed by atoms with van der Waals surface area (Å²) in [4.78, 5) is 10.7. The molecule has 1 N–H and O–H groups in total. The number of hydrogen-bond acceptors (Lipinski definition) is 2. The first-order valence-corrected chi connectivity index (χ1v) is 4.97. The van der Waals surface area contributed by atoms with Crippen LogP contribution >= 0.6 is 0 Å². The van der Waals surface area contributed by atoms with E-state index in [-0.39, 0.29) is 5.69 Å². The van der Waals surface area contributed by atoms with Crippen LogP contribution in [0.5, 0.6) is 0 Å². The number of fused-ring (bicyclic) bond motifs is 1. The topological polar surface area (TPSA) is 54.6 Å². The maximum Gasteiger partial charge on any atom is 0.356 e. The number of carboxylic acids is 1. The second-order valence-electron chi connectivity index (χ2n) is 3.94. The van der Waals surface area contributed by atoms with Gasteiger partial charge in [0.1, 0.15) is 0 Å². The van der Waals surface area contributed by atoms with E-state index < -0.39 is 5.97 Å². The summed E-state index contributed by atoms with van der Waals surface area (Å²) in [6, 6.07) is 5.65. The van der Waals surface area contributed by atoms with Gasteiger partial charge in [0.25, 0.3) is 0 Å². The van der Waals surface area contributed by atoms with Gasteiger partial charge in [-0.3, -0.25) is 0 Å². The molecule has 3 rings (SSSR count). The van der Waals surface area contributed by atoms with Crippen molar-refractivity contribution in [1.29, 1.82) is 0 Å². The normalized spacial score (nSPS) is 15.7. The van der Waals surface area contributed by atoms with Gasteiger partial charge in [-0.1, -0.05) is 0 Å². The van der Waals surface area contributed by atoms with Crippen LogP contribution in [0.4, 0.5) is 0 Å². The minimum atomic E-state index is -0.980. The fraction of sp³-hybridized carbons (Fsp3) is 0.273. The van der Waals surface area contributed by atoms with Crippen LogP contribution in [0.15, 0.2) is 24.4 Å². The van der Waals surface area contributed by atoms with Gasteiger partial charge in [-0.15, -0.1) is 0 Å². The number of hydrogen-bond donors (Lipinski definition) is 1. The highest BCUT2D eigenvalue weighted by Gasteiger charge is 2.23. The second-order valence-corrected chi connectivity index (χ2v) is 3.94. The molecule has 15 heavy (non-hydrogen) atoms. The molecule has 0 atom stereocenters. The van der Waals surface area contributed by atoms with Crippen LogP contribution in [0.25, 0.3) is 5.52 Å². The quantitative estimate of drug-likeness (QED) is 0.809. The molecule has 1 aliphatic carbocycles. The molecule has 76 valence electrons. The molecule has 1 aliphatic rings. The van der Waals surface area contributed by atoms with Crippen LogP contribution < -0.4 is 0 Å². The zero-order valence-electron chi connectivity index (χ0n) is 8.05. The van der Waals surface area contributed by atoms with Crippen molar-refractivity contribution >= 4 is 11.5 Å². The zero-order chi connectivity index (χ0) is 10.4. The number of nitrogens with zero attached hydrogens (tertiary/aromatic N) is 2. The Morgan fingerprint density at radius 2 is 2.27 bits per heavy atom. The van der Waals surface area contributed by atoms with Crippen LogP contribution in [0.1, 0.15) is 34.8 Å². The van der Waals surface area contributed by atoms with E-state index in [2.05, 4.69) is 5.10 Å². The smallest absolute Gasteiger partial charge is 0.356 e. The van der Waals surface area contributed by atoms with Gasteiger partial charge in [-0.25, -0.2) is 9.31 Å². The second kappa shape index (κ2) is 2.82. The average Bonchev–Trinajstić information content (AvgIpc) is 2.96. The Hall–Kier alpha value is -1.84. The number of carbonyl (C=O) groups is 1. The van der Waals surface area contributed by atoms with Crippen molar-refractivity contribution < 1.29 is 9.90 Å². The summed E-state index contributed by atoms with van der Waals surface area (Å²) in [6.07, 6.45) is 4.32. The van der Waals surface area contributed by atoms with Crippen molar-refractivity contribution in [2.75, 3.05) is 0 Å². The van der Waals surface area contributed by atoms with Crippen molar-refractivity contribution in [2.45, 2.75) is 18.8 Å². The first kappa shape index (κ1) is 8.47. The lowest BCUT2D eigenvalue weighted by Gasteiger charge is -1.97. The third kappa shape index (κ3) is 1.38. The maximum absolute atomic E-state index is 10.7. The molecule has 0 spiro atoms. The van der Waals surface area contributed by atoms with E-state index in [1.807, 2.05) is 18.3 Å². The summed E-state index contributed by atoms with van der Waals surface area (Å²) in [5.41, 5.74) is 2.25. The zero-order valence-corrected chi connectivity index (χ0v) is 8.05.